The van der Waals surface area contributed by atoms with E-state index < -0.39 is 0 Å². The van der Waals surface area contributed by atoms with Crippen LogP contribution in [-0.4, -0.2) is 21.2 Å². The predicted octanol–water partition coefficient (Wildman–Crippen LogP) is 3.88. The molecule has 0 saturated heterocycles. The van der Waals surface area contributed by atoms with E-state index in [4.69, 9.17) is 11.6 Å². The molecular weight excluding hydrogens is 306 g/mol. The van der Waals surface area contributed by atoms with E-state index >= 15 is 0 Å². The van der Waals surface area contributed by atoms with Crippen LogP contribution in [0.3, 0.4) is 0 Å². The number of fused-ring (bicyclic) bond motifs is 1. The van der Waals surface area contributed by atoms with Gasteiger partial charge in [0.15, 0.2) is 4.96 Å². The van der Waals surface area contributed by atoms with Crippen LogP contribution in [0.25, 0.3) is 16.2 Å². The molecule has 0 spiro atoms. The lowest BCUT2D eigenvalue weighted by atomic mass is 10.1. The summed E-state index contributed by atoms with van der Waals surface area (Å²) >= 11 is 7.28. The van der Waals surface area contributed by atoms with Crippen LogP contribution in [0.2, 0.25) is 0 Å². The van der Waals surface area contributed by atoms with Crippen molar-refractivity contribution in [2.45, 2.75) is 6.92 Å². The van der Waals surface area contributed by atoms with Crippen molar-refractivity contribution in [3.8, 4) is 11.3 Å². The van der Waals surface area contributed by atoms with Crippen molar-refractivity contribution in [1.29, 1.82) is 0 Å². The second-order valence-electron chi connectivity index (χ2n) is 4.84. The van der Waals surface area contributed by atoms with Crippen molar-refractivity contribution in [2.75, 3.05) is 11.2 Å². The number of imidazole rings is 1. The third kappa shape index (κ3) is 2.94. The first-order valence-corrected chi connectivity index (χ1v) is 7.98. The summed E-state index contributed by atoms with van der Waals surface area (Å²) < 4.78 is 2.00. The average molecular weight is 320 g/mol. The number of hydrogen-bond donors (Lipinski definition) is 1. The molecule has 0 aliphatic rings. The number of halogens is 1. The number of nitrogens with zero attached hydrogens (tertiary/aromatic N) is 2. The maximum Gasteiger partial charge on any atom is 0.228 e. The van der Waals surface area contributed by atoms with Gasteiger partial charge in [0.2, 0.25) is 5.91 Å². The summed E-state index contributed by atoms with van der Waals surface area (Å²) in [6.07, 6.45) is 3.98. The first-order chi connectivity index (χ1) is 10.2. The number of anilines is 1. The van der Waals surface area contributed by atoms with Crippen LogP contribution in [0.15, 0.2) is 42.0 Å². The van der Waals surface area contributed by atoms with Crippen molar-refractivity contribution in [2.24, 2.45) is 5.92 Å². The van der Waals surface area contributed by atoms with Crippen molar-refractivity contribution in [3.05, 3.63) is 42.0 Å². The number of amides is 1. The molecule has 0 aliphatic carbocycles. The molecule has 0 fully saturated rings. The molecule has 0 bridgehead atoms. The number of rotatable bonds is 4. The highest BCUT2D eigenvalue weighted by Gasteiger charge is 2.11. The first-order valence-electron chi connectivity index (χ1n) is 6.57. The van der Waals surface area contributed by atoms with E-state index in [0.717, 1.165) is 21.9 Å². The van der Waals surface area contributed by atoms with E-state index in [-0.39, 0.29) is 11.8 Å². The SMILES string of the molecule is CC(CCl)C(=O)Nc1ccc(-c2cn3ccsc3n2)cc1. The summed E-state index contributed by atoms with van der Waals surface area (Å²) in [4.78, 5) is 17.3. The molecular formula is C15H14ClN3OS. The Morgan fingerprint density at radius 2 is 2.19 bits per heavy atom. The molecule has 4 nitrogen and oxygen atoms in total. The summed E-state index contributed by atoms with van der Waals surface area (Å²) in [5.74, 6) is 0.0431. The molecule has 1 atom stereocenters. The number of nitrogens with one attached hydrogen (secondary N) is 1. The van der Waals surface area contributed by atoms with E-state index in [1.54, 1.807) is 18.3 Å². The Morgan fingerprint density at radius 3 is 2.86 bits per heavy atom. The summed E-state index contributed by atoms with van der Waals surface area (Å²) in [6.45, 7) is 1.80. The molecule has 0 radical (unpaired) electrons. The minimum Gasteiger partial charge on any atom is -0.326 e. The Labute approximate surface area is 131 Å². The van der Waals surface area contributed by atoms with Crippen molar-refractivity contribution in [1.82, 2.24) is 9.38 Å². The topological polar surface area (TPSA) is 46.4 Å². The molecule has 21 heavy (non-hydrogen) atoms. The molecule has 1 aromatic carbocycles. The van der Waals surface area contributed by atoms with Crippen molar-refractivity contribution < 1.29 is 4.79 Å². The summed E-state index contributed by atoms with van der Waals surface area (Å²) in [5.41, 5.74) is 2.71. The van der Waals surface area contributed by atoms with Gasteiger partial charge >= 0.3 is 0 Å². The van der Waals surface area contributed by atoms with Gasteiger partial charge in [-0.3, -0.25) is 9.20 Å². The molecule has 2 aromatic heterocycles. The maximum atomic E-state index is 11.8. The van der Waals surface area contributed by atoms with Crippen LogP contribution >= 0.6 is 22.9 Å². The number of thiazole rings is 1. The van der Waals surface area contributed by atoms with Crippen molar-refractivity contribution >= 4 is 39.5 Å². The standard InChI is InChI=1S/C15H14ClN3OS/c1-10(8-16)14(20)17-12-4-2-11(3-5-12)13-9-19-6-7-21-15(19)18-13/h2-7,9-10H,8H2,1H3,(H,17,20). The minimum atomic E-state index is -0.203. The van der Waals surface area contributed by atoms with E-state index in [9.17, 15) is 4.79 Å². The lowest BCUT2D eigenvalue weighted by Crippen LogP contribution is -2.21. The van der Waals surface area contributed by atoms with Gasteiger partial charge in [-0.2, -0.15) is 0 Å². The van der Waals surface area contributed by atoms with Crippen LogP contribution in [0.4, 0.5) is 5.69 Å². The van der Waals surface area contributed by atoms with Crippen molar-refractivity contribution in [3.63, 3.8) is 0 Å². The smallest absolute Gasteiger partial charge is 0.228 e. The van der Waals surface area contributed by atoms with E-state index in [2.05, 4.69) is 10.3 Å². The normalized spacial score (nSPS) is 12.5. The summed E-state index contributed by atoms with van der Waals surface area (Å²) in [6, 6.07) is 7.66. The number of benzene rings is 1. The third-order valence-corrected chi connectivity index (χ3v) is 4.45. The quantitative estimate of drug-likeness (QED) is 0.742. The van der Waals surface area contributed by atoms with Crippen LogP contribution < -0.4 is 5.32 Å². The fourth-order valence-electron chi connectivity index (χ4n) is 1.93. The molecule has 108 valence electrons. The van der Waals surface area contributed by atoms with Gasteiger partial charge in [0, 0.05) is 40.8 Å². The Kier molecular flexibility index (Phi) is 3.94. The summed E-state index contributed by atoms with van der Waals surface area (Å²) in [5, 5.41) is 4.85. The lowest BCUT2D eigenvalue weighted by Gasteiger charge is -2.09. The largest absolute Gasteiger partial charge is 0.326 e. The zero-order valence-electron chi connectivity index (χ0n) is 11.4. The van der Waals surface area contributed by atoms with E-state index in [0.29, 0.717) is 5.88 Å². The monoisotopic (exact) mass is 319 g/mol. The molecule has 2 heterocycles. The molecule has 3 rings (SSSR count). The van der Waals surface area contributed by atoms with Gasteiger partial charge in [-0.25, -0.2) is 4.98 Å². The molecule has 3 aromatic rings. The van der Waals surface area contributed by atoms with Crippen LogP contribution in [0, 0.1) is 5.92 Å². The second-order valence-corrected chi connectivity index (χ2v) is 6.02. The zero-order valence-corrected chi connectivity index (χ0v) is 13.0. The molecule has 1 unspecified atom stereocenters. The number of carbonyl (C=O) groups is 1. The van der Waals surface area contributed by atoms with Crippen LogP contribution in [-0.2, 0) is 4.79 Å². The van der Waals surface area contributed by atoms with E-state index in [1.807, 2.05) is 46.4 Å². The number of aromatic nitrogens is 2. The van der Waals surface area contributed by atoms with Gasteiger partial charge in [0.1, 0.15) is 0 Å². The summed E-state index contributed by atoms with van der Waals surface area (Å²) in [7, 11) is 0. The Morgan fingerprint density at radius 1 is 1.43 bits per heavy atom. The predicted molar refractivity (Wildman–Crippen MR) is 87.0 cm³/mol. The third-order valence-electron chi connectivity index (χ3n) is 3.22. The van der Waals surface area contributed by atoms with Gasteiger partial charge in [-0.05, 0) is 12.1 Å². The molecule has 1 amide bonds. The van der Waals surface area contributed by atoms with Gasteiger partial charge in [-0.15, -0.1) is 22.9 Å². The Hall–Kier alpha value is -1.85. The average Bonchev–Trinajstić information content (AvgIpc) is 3.08. The van der Waals surface area contributed by atoms with Gasteiger partial charge in [0.25, 0.3) is 0 Å². The molecule has 0 saturated carbocycles. The van der Waals surface area contributed by atoms with Crippen LogP contribution in [0.1, 0.15) is 6.92 Å². The molecule has 0 aliphatic heterocycles. The molecule has 1 N–H and O–H groups in total. The first kappa shape index (κ1) is 14.1. The lowest BCUT2D eigenvalue weighted by molar-refractivity contribution is -0.118. The minimum absolute atomic E-state index is 0.0692. The number of alkyl halides is 1. The maximum absolute atomic E-state index is 11.8. The highest BCUT2D eigenvalue weighted by molar-refractivity contribution is 7.15. The Balaban J connectivity index is 1.77. The van der Waals surface area contributed by atoms with Crippen LogP contribution in [0.5, 0.6) is 0 Å². The van der Waals surface area contributed by atoms with E-state index in [1.165, 1.54) is 0 Å². The van der Waals surface area contributed by atoms with Gasteiger partial charge < -0.3 is 5.32 Å². The fourth-order valence-corrected chi connectivity index (χ4v) is 2.77. The van der Waals surface area contributed by atoms with Gasteiger partial charge in [0.05, 0.1) is 5.69 Å². The highest BCUT2D eigenvalue weighted by Crippen LogP contribution is 2.23. The molecule has 6 heteroatoms. The number of hydrogen-bond acceptors (Lipinski definition) is 3. The number of carbonyl (C=O) groups excluding carboxylic acids is 1. The highest BCUT2D eigenvalue weighted by atomic mass is 35.5. The zero-order chi connectivity index (χ0) is 14.8. The second kappa shape index (κ2) is 5.87. The fraction of sp³-hybridized carbons (Fsp3) is 0.200. The van der Waals surface area contributed by atoms with Gasteiger partial charge in [-0.1, -0.05) is 19.1 Å². The Bertz CT molecular complexity index is 734.